The molecule has 0 N–H and O–H groups in total. The van der Waals surface area contributed by atoms with Crippen LogP contribution in [0.3, 0.4) is 0 Å². The highest BCUT2D eigenvalue weighted by Gasteiger charge is 2.43. The van der Waals surface area contributed by atoms with Crippen LogP contribution in [-0.4, -0.2) is 53.7 Å². The molecule has 2 fully saturated rings. The second kappa shape index (κ2) is 5.00. The average Bonchev–Trinajstić information content (AvgIpc) is 2.10. The molecule has 3 heteroatoms. The third kappa shape index (κ3) is 3.30. The zero-order valence-electron chi connectivity index (χ0n) is 13.5. The Balaban J connectivity index is 1.84. The van der Waals surface area contributed by atoms with E-state index >= 15 is 0 Å². The molecule has 2 heterocycles. The van der Waals surface area contributed by atoms with Gasteiger partial charge in [-0.3, -0.25) is 9.80 Å². The van der Waals surface area contributed by atoms with E-state index in [-0.39, 0.29) is 16.9 Å². The summed E-state index contributed by atoms with van der Waals surface area (Å²) in [4.78, 5) is 4.87. The van der Waals surface area contributed by atoms with Crippen LogP contribution in [0.2, 0.25) is 0 Å². The van der Waals surface area contributed by atoms with Crippen molar-refractivity contribution < 1.29 is 4.39 Å². The van der Waals surface area contributed by atoms with E-state index in [9.17, 15) is 4.39 Å². The van der Waals surface area contributed by atoms with Gasteiger partial charge in [-0.05, 0) is 45.1 Å². The van der Waals surface area contributed by atoms with E-state index in [0.29, 0.717) is 12.6 Å². The Morgan fingerprint density at radius 3 is 1.95 bits per heavy atom. The van der Waals surface area contributed by atoms with Crippen LogP contribution in [0, 0.1) is 11.3 Å². The molecule has 0 bridgehead atoms. The fourth-order valence-corrected chi connectivity index (χ4v) is 3.47. The summed E-state index contributed by atoms with van der Waals surface area (Å²) in [5.74, 6) is 0.225. The van der Waals surface area contributed by atoms with E-state index in [1.165, 1.54) is 0 Å². The van der Waals surface area contributed by atoms with Crippen molar-refractivity contribution in [3.05, 3.63) is 0 Å². The first kappa shape index (κ1) is 15.2. The third-order valence-electron chi connectivity index (χ3n) is 5.01. The molecule has 0 spiro atoms. The summed E-state index contributed by atoms with van der Waals surface area (Å²) in [6.07, 6.45) is 0.355. The maximum absolute atomic E-state index is 14.4. The van der Waals surface area contributed by atoms with Gasteiger partial charge < -0.3 is 0 Å². The predicted molar refractivity (Wildman–Crippen MR) is 79.1 cm³/mol. The lowest BCUT2D eigenvalue weighted by Crippen LogP contribution is -2.66. The van der Waals surface area contributed by atoms with Crippen LogP contribution in [-0.2, 0) is 0 Å². The Morgan fingerprint density at radius 2 is 1.53 bits per heavy atom. The molecule has 19 heavy (non-hydrogen) atoms. The van der Waals surface area contributed by atoms with Gasteiger partial charge in [0.05, 0.1) is 0 Å². The summed E-state index contributed by atoms with van der Waals surface area (Å²) in [6, 6.07) is 0.582. The van der Waals surface area contributed by atoms with Gasteiger partial charge in [0.1, 0.15) is 6.17 Å². The number of piperidine rings is 1. The number of alkyl halides is 1. The second-order valence-electron chi connectivity index (χ2n) is 8.50. The van der Waals surface area contributed by atoms with Gasteiger partial charge in [-0.1, -0.05) is 20.8 Å². The summed E-state index contributed by atoms with van der Waals surface area (Å²) in [7, 11) is 0. The van der Waals surface area contributed by atoms with Crippen molar-refractivity contribution in [2.24, 2.45) is 11.3 Å². The van der Waals surface area contributed by atoms with Crippen LogP contribution in [0.5, 0.6) is 0 Å². The lowest BCUT2D eigenvalue weighted by molar-refractivity contribution is -0.0610. The molecular weight excluding hydrogens is 239 g/mol. The van der Waals surface area contributed by atoms with Gasteiger partial charge >= 0.3 is 0 Å². The number of hydrogen-bond acceptors (Lipinski definition) is 2. The standard InChI is InChI=1S/C16H31FN2/c1-15(2,3)13-7-8-18(11-14(13)17)12-9-19(10-12)16(4,5)6/h12-14H,7-11H2,1-6H3/t13-,14+/m1/s1. The summed E-state index contributed by atoms with van der Waals surface area (Å²) < 4.78 is 14.4. The van der Waals surface area contributed by atoms with Gasteiger partial charge in [-0.2, -0.15) is 0 Å². The Kier molecular flexibility index (Phi) is 4.01. The molecule has 0 aliphatic carbocycles. The number of halogens is 1. The molecule has 0 radical (unpaired) electrons. The van der Waals surface area contributed by atoms with Crippen LogP contribution < -0.4 is 0 Å². The van der Waals surface area contributed by atoms with Crippen LogP contribution >= 0.6 is 0 Å². The van der Waals surface area contributed by atoms with Crippen LogP contribution in [0.25, 0.3) is 0 Å². The molecule has 112 valence electrons. The van der Waals surface area contributed by atoms with E-state index < -0.39 is 6.17 Å². The van der Waals surface area contributed by atoms with Gasteiger partial charge in [-0.15, -0.1) is 0 Å². The highest BCUT2D eigenvalue weighted by molar-refractivity contribution is 4.97. The monoisotopic (exact) mass is 270 g/mol. The largest absolute Gasteiger partial charge is 0.295 e. The average molecular weight is 270 g/mol. The first-order valence-corrected chi connectivity index (χ1v) is 7.72. The zero-order chi connectivity index (χ0) is 14.4. The van der Waals surface area contributed by atoms with Crippen molar-refractivity contribution in [1.29, 1.82) is 0 Å². The van der Waals surface area contributed by atoms with Crippen LogP contribution in [0.15, 0.2) is 0 Å². The minimum absolute atomic E-state index is 0.0998. The van der Waals surface area contributed by atoms with Crippen molar-refractivity contribution in [3.8, 4) is 0 Å². The SMILES string of the molecule is CC(C)(C)[C@@H]1CCN(C2CN(C(C)(C)C)C2)C[C@@H]1F. The molecule has 0 amide bonds. The summed E-state index contributed by atoms with van der Waals surface area (Å²) >= 11 is 0. The Hall–Kier alpha value is -0.150. The highest BCUT2D eigenvalue weighted by atomic mass is 19.1. The van der Waals surface area contributed by atoms with Crippen molar-refractivity contribution in [2.45, 2.75) is 65.7 Å². The molecule has 0 aromatic carbocycles. The topological polar surface area (TPSA) is 6.48 Å². The minimum atomic E-state index is -0.655. The van der Waals surface area contributed by atoms with E-state index in [4.69, 9.17) is 0 Å². The highest BCUT2D eigenvalue weighted by Crippen LogP contribution is 2.37. The second-order valence-corrected chi connectivity index (χ2v) is 8.50. The number of likely N-dealkylation sites (tertiary alicyclic amines) is 2. The van der Waals surface area contributed by atoms with Gasteiger partial charge in [0.2, 0.25) is 0 Å². The molecule has 2 nitrogen and oxygen atoms in total. The fourth-order valence-electron chi connectivity index (χ4n) is 3.47. The Morgan fingerprint density at radius 1 is 0.947 bits per heavy atom. The molecular formula is C16H31FN2. The molecule has 0 aromatic heterocycles. The Labute approximate surface area is 118 Å². The minimum Gasteiger partial charge on any atom is -0.295 e. The van der Waals surface area contributed by atoms with Crippen molar-refractivity contribution >= 4 is 0 Å². The normalized spacial score (nSPS) is 32.4. The molecule has 2 aliphatic heterocycles. The lowest BCUT2D eigenvalue weighted by atomic mass is 9.74. The van der Waals surface area contributed by atoms with Gasteiger partial charge in [-0.25, -0.2) is 4.39 Å². The van der Waals surface area contributed by atoms with Crippen molar-refractivity contribution in [2.75, 3.05) is 26.2 Å². The number of hydrogen-bond donors (Lipinski definition) is 0. The summed E-state index contributed by atoms with van der Waals surface area (Å²) in [6.45, 7) is 17.2. The van der Waals surface area contributed by atoms with Crippen LogP contribution in [0.1, 0.15) is 48.0 Å². The van der Waals surface area contributed by atoms with Gasteiger partial charge in [0, 0.05) is 31.2 Å². The molecule has 2 aliphatic rings. The molecule has 0 aromatic rings. The molecule has 2 atom stereocenters. The summed E-state index contributed by atoms with van der Waals surface area (Å²) in [5, 5.41) is 0. The summed E-state index contributed by atoms with van der Waals surface area (Å²) in [5.41, 5.74) is 0.359. The predicted octanol–water partition coefficient (Wildman–Crippen LogP) is 3.18. The maximum atomic E-state index is 14.4. The van der Waals surface area contributed by atoms with E-state index in [1.807, 2.05) is 0 Å². The number of nitrogens with zero attached hydrogens (tertiary/aromatic N) is 2. The maximum Gasteiger partial charge on any atom is 0.116 e. The first-order chi connectivity index (χ1) is 8.59. The smallest absolute Gasteiger partial charge is 0.116 e. The van der Waals surface area contributed by atoms with E-state index in [2.05, 4.69) is 51.3 Å². The molecule has 0 saturated carbocycles. The van der Waals surface area contributed by atoms with Gasteiger partial charge in [0.25, 0.3) is 0 Å². The van der Waals surface area contributed by atoms with Gasteiger partial charge in [0.15, 0.2) is 0 Å². The molecule has 2 rings (SSSR count). The number of rotatable bonds is 1. The van der Waals surface area contributed by atoms with E-state index in [1.54, 1.807) is 0 Å². The molecule has 0 unspecified atom stereocenters. The van der Waals surface area contributed by atoms with Crippen molar-refractivity contribution in [3.63, 3.8) is 0 Å². The van der Waals surface area contributed by atoms with E-state index in [0.717, 1.165) is 26.1 Å². The first-order valence-electron chi connectivity index (χ1n) is 7.72. The van der Waals surface area contributed by atoms with Crippen molar-refractivity contribution in [1.82, 2.24) is 9.80 Å². The lowest BCUT2D eigenvalue weighted by Gasteiger charge is -2.53. The van der Waals surface area contributed by atoms with Crippen LogP contribution in [0.4, 0.5) is 4.39 Å². The third-order valence-corrected chi connectivity index (χ3v) is 5.01. The Bertz CT molecular complexity index is 310. The fraction of sp³-hybridized carbons (Fsp3) is 1.00. The quantitative estimate of drug-likeness (QED) is 0.722. The molecule has 2 saturated heterocycles. The zero-order valence-corrected chi connectivity index (χ0v) is 13.5.